The highest BCUT2D eigenvalue weighted by Gasteiger charge is 2.43. The van der Waals surface area contributed by atoms with E-state index in [9.17, 15) is 9.90 Å². The highest BCUT2D eigenvalue weighted by molar-refractivity contribution is 5.91. The van der Waals surface area contributed by atoms with E-state index in [0.717, 1.165) is 25.0 Å². The molecule has 1 aromatic rings. The lowest BCUT2D eigenvalue weighted by Gasteiger charge is -2.13. The molecule has 2 fully saturated rings. The minimum absolute atomic E-state index is 0.0408. The van der Waals surface area contributed by atoms with E-state index in [4.69, 9.17) is 5.73 Å². The maximum atomic E-state index is 11.3. The van der Waals surface area contributed by atoms with E-state index >= 15 is 0 Å². The number of rotatable bonds is 6. The predicted octanol–water partition coefficient (Wildman–Crippen LogP) is 0.102. The molecule has 3 N–H and O–H groups in total. The predicted molar refractivity (Wildman–Crippen MR) is 63.7 cm³/mol. The summed E-state index contributed by atoms with van der Waals surface area (Å²) in [6.07, 6.45) is 5.26. The summed E-state index contributed by atoms with van der Waals surface area (Å²) >= 11 is 0. The number of carbonyl (C=O) groups excluding carboxylic acids is 1. The van der Waals surface area contributed by atoms with Crippen LogP contribution in [0.4, 0.5) is 0 Å². The summed E-state index contributed by atoms with van der Waals surface area (Å²) in [5.41, 5.74) is 6.44. The fourth-order valence-corrected chi connectivity index (χ4v) is 2.31. The Balaban J connectivity index is 1.85. The summed E-state index contributed by atoms with van der Waals surface area (Å²) in [6, 6.07) is 0. The molecule has 0 unspecified atom stereocenters. The Hall–Kier alpha value is -1.43. The highest BCUT2D eigenvalue weighted by Crippen LogP contribution is 2.46. The molecule has 0 aliphatic heterocycles. The van der Waals surface area contributed by atoms with E-state index in [1.165, 1.54) is 12.8 Å². The van der Waals surface area contributed by atoms with E-state index in [1.54, 1.807) is 4.68 Å². The molecule has 0 aromatic carbocycles. The number of hydrogen-bond acceptors (Lipinski definition) is 4. The van der Waals surface area contributed by atoms with Crippen molar-refractivity contribution in [3.8, 4) is 0 Å². The maximum Gasteiger partial charge on any atom is 0.271 e. The van der Waals surface area contributed by atoms with Crippen molar-refractivity contribution in [3.63, 3.8) is 0 Å². The molecule has 0 radical (unpaired) electrons. The first-order valence-electron chi connectivity index (χ1n) is 6.46. The van der Waals surface area contributed by atoms with Crippen LogP contribution in [-0.4, -0.2) is 32.6 Å². The van der Waals surface area contributed by atoms with Crippen LogP contribution in [-0.2, 0) is 13.0 Å². The average Bonchev–Trinajstić information content (AvgIpc) is 3.21. The third-order valence-electron chi connectivity index (χ3n) is 4.03. The van der Waals surface area contributed by atoms with Crippen molar-refractivity contribution >= 4 is 5.91 Å². The van der Waals surface area contributed by atoms with Gasteiger partial charge in [0.1, 0.15) is 0 Å². The minimum atomic E-state index is -0.509. The van der Waals surface area contributed by atoms with Crippen LogP contribution in [0.3, 0.4) is 0 Å². The summed E-state index contributed by atoms with van der Waals surface area (Å²) in [5.74, 6) is 0.135. The van der Waals surface area contributed by atoms with Gasteiger partial charge in [0.15, 0.2) is 5.69 Å². The number of amides is 1. The van der Waals surface area contributed by atoms with E-state index in [1.807, 2.05) is 0 Å². The normalized spacial score (nSPS) is 20.9. The van der Waals surface area contributed by atoms with Crippen LogP contribution < -0.4 is 5.73 Å². The number of primary amides is 1. The third kappa shape index (κ3) is 2.12. The van der Waals surface area contributed by atoms with Gasteiger partial charge in [-0.1, -0.05) is 5.21 Å². The monoisotopic (exact) mass is 250 g/mol. The largest absolute Gasteiger partial charge is 0.396 e. The van der Waals surface area contributed by atoms with E-state index < -0.39 is 5.91 Å². The van der Waals surface area contributed by atoms with Crippen molar-refractivity contribution in [1.82, 2.24) is 15.0 Å². The van der Waals surface area contributed by atoms with Gasteiger partial charge in [-0.15, -0.1) is 5.10 Å². The Kier molecular flexibility index (Phi) is 2.62. The molecule has 98 valence electrons. The molecule has 3 rings (SSSR count). The van der Waals surface area contributed by atoms with Crippen LogP contribution >= 0.6 is 0 Å². The zero-order valence-corrected chi connectivity index (χ0v) is 10.3. The second-order valence-electron chi connectivity index (χ2n) is 5.71. The van der Waals surface area contributed by atoms with Crippen molar-refractivity contribution in [2.45, 2.75) is 38.6 Å². The first-order valence-corrected chi connectivity index (χ1v) is 6.46. The lowest BCUT2D eigenvalue weighted by molar-refractivity contribution is 0.0994. The Morgan fingerprint density at radius 2 is 2.22 bits per heavy atom. The number of aliphatic hydroxyl groups is 1. The Morgan fingerprint density at radius 3 is 2.72 bits per heavy atom. The van der Waals surface area contributed by atoms with Crippen molar-refractivity contribution < 1.29 is 9.90 Å². The van der Waals surface area contributed by atoms with Crippen LogP contribution in [0.1, 0.15) is 41.9 Å². The fourth-order valence-electron chi connectivity index (χ4n) is 2.31. The number of aliphatic hydroxyl groups excluding tert-OH is 1. The molecule has 0 atom stereocenters. The molecule has 0 spiro atoms. The van der Waals surface area contributed by atoms with Gasteiger partial charge >= 0.3 is 0 Å². The number of nitrogens with zero attached hydrogens (tertiary/aromatic N) is 3. The molecule has 1 amide bonds. The number of aromatic nitrogens is 3. The standard InChI is InChI=1S/C12H18N4O2/c13-11(18)10-9(5-8-1-2-8)16(15-14-10)6-12(7-17)3-4-12/h8,17H,1-7H2,(H2,13,18). The molecular formula is C12H18N4O2. The molecule has 1 aromatic heterocycles. The van der Waals surface area contributed by atoms with E-state index in [-0.39, 0.29) is 12.0 Å². The molecule has 0 bridgehead atoms. The molecule has 6 nitrogen and oxygen atoms in total. The van der Waals surface area contributed by atoms with Gasteiger partial charge in [0.05, 0.1) is 18.8 Å². The first-order chi connectivity index (χ1) is 8.63. The average molecular weight is 250 g/mol. The van der Waals surface area contributed by atoms with Crippen molar-refractivity contribution in [2.75, 3.05) is 6.61 Å². The number of hydrogen-bond donors (Lipinski definition) is 2. The van der Waals surface area contributed by atoms with Gasteiger partial charge in [-0.05, 0) is 38.0 Å². The molecule has 0 saturated heterocycles. The second kappa shape index (κ2) is 4.05. The molecule has 2 saturated carbocycles. The van der Waals surface area contributed by atoms with Crippen LogP contribution in [0, 0.1) is 11.3 Å². The van der Waals surface area contributed by atoms with Crippen LogP contribution in [0.5, 0.6) is 0 Å². The second-order valence-corrected chi connectivity index (χ2v) is 5.71. The molecule has 2 aliphatic carbocycles. The van der Waals surface area contributed by atoms with Crippen molar-refractivity contribution in [1.29, 1.82) is 0 Å². The maximum absolute atomic E-state index is 11.3. The quantitative estimate of drug-likeness (QED) is 0.748. The Morgan fingerprint density at radius 1 is 1.50 bits per heavy atom. The van der Waals surface area contributed by atoms with Crippen LogP contribution in [0.15, 0.2) is 0 Å². The summed E-state index contributed by atoms with van der Waals surface area (Å²) in [6.45, 7) is 0.813. The molecule has 18 heavy (non-hydrogen) atoms. The van der Waals surface area contributed by atoms with Gasteiger partial charge in [0, 0.05) is 5.41 Å². The number of carbonyl (C=O) groups is 1. The zero-order valence-electron chi connectivity index (χ0n) is 10.3. The Bertz CT molecular complexity index is 474. The SMILES string of the molecule is NC(=O)c1nnn(CC2(CO)CC2)c1CC1CC1. The third-order valence-corrected chi connectivity index (χ3v) is 4.03. The van der Waals surface area contributed by atoms with Crippen molar-refractivity contribution in [2.24, 2.45) is 17.1 Å². The van der Waals surface area contributed by atoms with Gasteiger partial charge < -0.3 is 10.8 Å². The summed E-state index contributed by atoms with van der Waals surface area (Å²) in [5, 5.41) is 17.3. The van der Waals surface area contributed by atoms with Crippen LogP contribution in [0.2, 0.25) is 0 Å². The van der Waals surface area contributed by atoms with Gasteiger partial charge in [-0.3, -0.25) is 4.79 Å². The van der Waals surface area contributed by atoms with E-state index in [0.29, 0.717) is 18.2 Å². The summed E-state index contributed by atoms with van der Waals surface area (Å²) in [4.78, 5) is 11.3. The van der Waals surface area contributed by atoms with Gasteiger partial charge in [0.25, 0.3) is 5.91 Å². The summed E-state index contributed by atoms with van der Waals surface area (Å²) < 4.78 is 1.78. The molecule has 6 heteroatoms. The van der Waals surface area contributed by atoms with E-state index in [2.05, 4.69) is 10.3 Å². The summed E-state index contributed by atoms with van der Waals surface area (Å²) in [7, 11) is 0. The lowest BCUT2D eigenvalue weighted by atomic mass is 10.1. The smallest absolute Gasteiger partial charge is 0.271 e. The van der Waals surface area contributed by atoms with Gasteiger partial charge in [-0.25, -0.2) is 4.68 Å². The first kappa shape index (κ1) is 11.6. The lowest BCUT2D eigenvalue weighted by Crippen LogP contribution is -2.20. The minimum Gasteiger partial charge on any atom is -0.396 e. The molecular weight excluding hydrogens is 232 g/mol. The topological polar surface area (TPSA) is 94.0 Å². The van der Waals surface area contributed by atoms with Crippen LogP contribution in [0.25, 0.3) is 0 Å². The number of nitrogens with two attached hydrogens (primary N) is 1. The van der Waals surface area contributed by atoms with Gasteiger partial charge in [0.2, 0.25) is 0 Å². The zero-order chi connectivity index (χ0) is 12.8. The molecule has 2 aliphatic rings. The Labute approximate surface area is 105 Å². The van der Waals surface area contributed by atoms with Crippen molar-refractivity contribution in [3.05, 3.63) is 11.4 Å². The van der Waals surface area contributed by atoms with Gasteiger partial charge in [-0.2, -0.15) is 0 Å². The molecule has 1 heterocycles. The highest BCUT2D eigenvalue weighted by atomic mass is 16.3. The fraction of sp³-hybridized carbons (Fsp3) is 0.750.